The Kier molecular flexibility index (Phi) is 3.73. The fourth-order valence-corrected chi connectivity index (χ4v) is 4.17. The maximum Gasteiger partial charge on any atom is 0.238 e. The highest BCUT2D eigenvalue weighted by Crippen LogP contribution is 2.52. The topological polar surface area (TPSA) is 111 Å². The van der Waals surface area contributed by atoms with Gasteiger partial charge in [0, 0.05) is 18.5 Å². The SMILES string of the molecule is CC1(C)CC(=O)C(C2(C(C#N)C#N)C(=O)Nc3ccccc32)C(=O)C1. The predicted molar refractivity (Wildman–Crippen MR) is 88.0 cm³/mol. The summed E-state index contributed by atoms with van der Waals surface area (Å²) in [5.74, 6) is -4.15. The number of amides is 1. The van der Waals surface area contributed by atoms with Crippen LogP contribution in [0.25, 0.3) is 0 Å². The number of nitrogens with zero attached hydrogens (tertiary/aromatic N) is 2. The van der Waals surface area contributed by atoms with Crippen LogP contribution in [0.5, 0.6) is 0 Å². The second-order valence-electron chi connectivity index (χ2n) is 7.44. The number of ketones is 2. The minimum atomic E-state index is -1.79. The summed E-state index contributed by atoms with van der Waals surface area (Å²) < 4.78 is 0. The number of carbonyl (C=O) groups is 3. The summed E-state index contributed by atoms with van der Waals surface area (Å²) in [5.41, 5.74) is -1.46. The molecule has 1 aliphatic heterocycles. The quantitative estimate of drug-likeness (QED) is 0.832. The molecule has 3 rings (SSSR count). The highest BCUT2D eigenvalue weighted by atomic mass is 16.2. The number of nitrogens with one attached hydrogen (secondary N) is 1. The van der Waals surface area contributed by atoms with Gasteiger partial charge in [-0.25, -0.2) is 0 Å². The van der Waals surface area contributed by atoms with E-state index in [1.807, 2.05) is 26.0 Å². The van der Waals surface area contributed by atoms with E-state index in [0.717, 1.165) is 0 Å². The van der Waals surface area contributed by atoms with Crippen LogP contribution < -0.4 is 5.32 Å². The Bertz CT molecular complexity index is 841. The van der Waals surface area contributed by atoms with Crippen LogP contribution in [0.3, 0.4) is 0 Å². The first kappa shape index (κ1) is 16.9. The van der Waals surface area contributed by atoms with Crippen molar-refractivity contribution < 1.29 is 14.4 Å². The van der Waals surface area contributed by atoms with Gasteiger partial charge in [0.25, 0.3) is 0 Å². The zero-order valence-electron chi connectivity index (χ0n) is 14.0. The van der Waals surface area contributed by atoms with Crippen molar-refractivity contribution in [2.75, 3.05) is 5.32 Å². The molecule has 1 fully saturated rings. The van der Waals surface area contributed by atoms with Crippen molar-refractivity contribution in [3.63, 3.8) is 0 Å². The summed E-state index contributed by atoms with van der Waals surface area (Å²) in [6.07, 6.45) is 0.258. The number of carbonyl (C=O) groups excluding carboxylic acids is 3. The van der Waals surface area contributed by atoms with Crippen LogP contribution in [-0.2, 0) is 19.8 Å². The highest BCUT2D eigenvalue weighted by molar-refractivity contribution is 6.17. The lowest BCUT2D eigenvalue weighted by atomic mass is 9.56. The van der Waals surface area contributed by atoms with E-state index in [2.05, 4.69) is 5.32 Å². The van der Waals surface area contributed by atoms with E-state index in [1.165, 1.54) is 0 Å². The van der Waals surface area contributed by atoms with Crippen LogP contribution in [-0.4, -0.2) is 17.5 Å². The van der Waals surface area contributed by atoms with Gasteiger partial charge in [-0.05, 0) is 17.0 Å². The first-order valence-electron chi connectivity index (χ1n) is 8.03. The molecule has 1 N–H and O–H groups in total. The first-order valence-corrected chi connectivity index (χ1v) is 8.03. The molecule has 0 aromatic heterocycles. The van der Waals surface area contributed by atoms with Crippen molar-refractivity contribution in [3.05, 3.63) is 29.8 Å². The third-order valence-electron chi connectivity index (χ3n) is 5.12. The van der Waals surface area contributed by atoms with Crippen molar-refractivity contribution in [2.24, 2.45) is 17.3 Å². The molecule has 6 heteroatoms. The lowest BCUT2D eigenvalue weighted by Crippen LogP contribution is -2.56. The van der Waals surface area contributed by atoms with Crippen molar-refractivity contribution in [1.29, 1.82) is 10.5 Å². The molecule has 2 aliphatic rings. The normalized spacial score (nSPS) is 25.2. The largest absolute Gasteiger partial charge is 0.325 e. The van der Waals surface area contributed by atoms with Crippen LogP contribution in [0.4, 0.5) is 5.69 Å². The first-order chi connectivity index (χ1) is 11.8. The lowest BCUT2D eigenvalue weighted by Gasteiger charge is -2.40. The third-order valence-corrected chi connectivity index (χ3v) is 5.12. The zero-order chi connectivity index (χ0) is 18.4. The van der Waals surface area contributed by atoms with Crippen LogP contribution in [0, 0.1) is 39.9 Å². The summed E-state index contributed by atoms with van der Waals surface area (Å²) in [6, 6.07) is 10.3. The van der Waals surface area contributed by atoms with Gasteiger partial charge >= 0.3 is 0 Å². The number of benzene rings is 1. The molecule has 1 saturated carbocycles. The van der Waals surface area contributed by atoms with Crippen molar-refractivity contribution in [1.82, 2.24) is 0 Å². The van der Waals surface area contributed by atoms with Gasteiger partial charge in [-0.2, -0.15) is 10.5 Å². The number of rotatable bonds is 2. The molecular weight excluding hydrogens is 318 g/mol. The van der Waals surface area contributed by atoms with Gasteiger partial charge in [0.15, 0.2) is 5.92 Å². The summed E-state index contributed by atoms with van der Waals surface area (Å²) in [7, 11) is 0. The molecule has 0 bridgehead atoms. The molecule has 0 spiro atoms. The van der Waals surface area contributed by atoms with E-state index >= 15 is 0 Å². The van der Waals surface area contributed by atoms with Gasteiger partial charge in [-0.1, -0.05) is 32.0 Å². The van der Waals surface area contributed by atoms with E-state index in [-0.39, 0.29) is 24.4 Å². The molecule has 0 radical (unpaired) electrons. The Morgan fingerprint density at radius 1 is 1.08 bits per heavy atom. The molecule has 1 unspecified atom stereocenters. The van der Waals surface area contributed by atoms with Gasteiger partial charge in [0.05, 0.1) is 18.1 Å². The maximum atomic E-state index is 12.9. The molecule has 126 valence electrons. The third kappa shape index (κ3) is 2.26. The number of nitriles is 2. The van der Waals surface area contributed by atoms with E-state index in [4.69, 9.17) is 0 Å². The number of Topliss-reactive ketones (excluding diaryl/α,β-unsaturated/α-hetero) is 2. The minimum absolute atomic E-state index is 0.129. The number of fused-ring (bicyclic) bond motifs is 1. The molecule has 1 atom stereocenters. The fraction of sp³-hybridized carbons (Fsp3) is 0.421. The maximum absolute atomic E-state index is 12.9. The molecular formula is C19H17N3O3. The van der Waals surface area contributed by atoms with Gasteiger partial charge in [-0.3, -0.25) is 14.4 Å². The Morgan fingerprint density at radius 2 is 1.64 bits per heavy atom. The smallest absolute Gasteiger partial charge is 0.238 e. The van der Waals surface area contributed by atoms with Gasteiger partial charge < -0.3 is 5.32 Å². The van der Waals surface area contributed by atoms with Crippen LogP contribution in [0.2, 0.25) is 0 Å². The van der Waals surface area contributed by atoms with Crippen molar-refractivity contribution >= 4 is 23.2 Å². The average Bonchev–Trinajstić information content (AvgIpc) is 2.80. The number of hydrogen-bond donors (Lipinski definition) is 1. The molecule has 1 aliphatic carbocycles. The summed E-state index contributed by atoms with van der Waals surface area (Å²) in [6.45, 7) is 3.64. The second-order valence-corrected chi connectivity index (χ2v) is 7.44. The molecule has 0 saturated heterocycles. The molecule has 25 heavy (non-hydrogen) atoms. The number of anilines is 1. The molecule has 1 amide bonds. The van der Waals surface area contributed by atoms with E-state index in [1.54, 1.807) is 24.3 Å². The Balaban J connectivity index is 2.28. The Hall–Kier alpha value is -2.99. The van der Waals surface area contributed by atoms with Crippen molar-refractivity contribution in [3.8, 4) is 12.1 Å². The fourth-order valence-electron chi connectivity index (χ4n) is 4.17. The highest BCUT2D eigenvalue weighted by Gasteiger charge is 2.63. The average molecular weight is 335 g/mol. The van der Waals surface area contributed by atoms with E-state index < -0.39 is 28.6 Å². The summed E-state index contributed by atoms with van der Waals surface area (Å²) >= 11 is 0. The van der Waals surface area contributed by atoms with Crippen LogP contribution in [0.1, 0.15) is 32.3 Å². The molecule has 6 nitrogen and oxygen atoms in total. The predicted octanol–water partition coefficient (Wildman–Crippen LogP) is 2.11. The number of para-hydroxylation sites is 1. The minimum Gasteiger partial charge on any atom is -0.325 e. The number of hydrogen-bond acceptors (Lipinski definition) is 5. The van der Waals surface area contributed by atoms with Gasteiger partial charge in [-0.15, -0.1) is 0 Å². The van der Waals surface area contributed by atoms with Gasteiger partial charge in [0.2, 0.25) is 5.91 Å². The van der Waals surface area contributed by atoms with Crippen LogP contribution in [0.15, 0.2) is 24.3 Å². The van der Waals surface area contributed by atoms with Crippen molar-refractivity contribution in [2.45, 2.75) is 32.1 Å². The van der Waals surface area contributed by atoms with E-state index in [9.17, 15) is 24.9 Å². The Morgan fingerprint density at radius 3 is 2.20 bits per heavy atom. The molecule has 1 aromatic carbocycles. The summed E-state index contributed by atoms with van der Waals surface area (Å²) in [4.78, 5) is 38.7. The van der Waals surface area contributed by atoms with E-state index in [0.29, 0.717) is 11.3 Å². The zero-order valence-corrected chi connectivity index (χ0v) is 14.0. The van der Waals surface area contributed by atoms with Gasteiger partial charge in [0.1, 0.15) is 17.0 Å². The molecule has 1 heterocycles. The lowest BCUT2D eigenvalue weighted by molar-refractivity contribution is -0.147. The van der Waals surface area contributed by atoms with Crippen LogP contribution >= 0.6 is 0 Å². The summed E-state index contributed by atoms with van der Waals surface area (Å²) in [5, 5.41) is 21.7. The Labute approximate surface area is 145 Å². The second kappa shape index (κ2) is 5.53. The molecule has 1 aromatic rings. The monoisotopic (exact) mass is 335 g/mol. The standard InChI is InChI=1S/C19H17N3O3/c1-18(2)7-14(23)16(15(24)8-18)19(11(9-20)10-21)12-5-3-4-6-13(12)22-17(19)25/h3-6,11,16H,7-8H2,1-2H3,(H,22,25).